The van der Waals surface area contributed by atoms with E-state index < -0.39 is 69.4 Å². The lowest BCUT2D eigenvalue weighted by molar-refractivity contribution is -0.153. The highest BCUT2D eigenvalue weighted by atomic mass is 32.2. The molecule has 2 aromatic carbocycles. The van der Waals surface area contributed by atoms with Crippen LogP contribution in [-0.2, 0) is 42.0 Å². The molecule has 0 saturated heterocycles. The summed E-state index contributed by atoms with van der Waals surface area (Å²) < 4.78 is 123. The summed E-state index contributed by atoms with van der Waals surface area (Å²) in [7, 11) is -11.2. The summed E-state index contributed by atoms with van der Waals surface area (Å²) in [4.78, 5) is 16.6. The van der Waals surface area contributed by atoms with Crippen molar-refractivity contribution in [2.75, 3.05) is 0 Å². The Morgan fingerprint density at radius 3 is 1.57 bits per heavy atom. The fourth-order valence-corrected chi connectivity index (χ4v) is 8.81. The predicted octanol–water partition coefficient (Wildman–Crippen LogP) is 6.49. The highest BCUT2D eigenvalue weighted by molar-refractivity contribution is 7.90. The maximum Gasteiger partial charge on any atom is 0.410 e. The van der Waals surface area contributed by atoms with Crippen LogP contribution in [-0.4, -0.2) is 75.0 Å². The van der Waals surface area contributed by atoms with Crippen LogP contribution in [0.2, 0.25) is 0 Å². The summed E-state index contributed by atoms with van der Waals surface area (Å²) in [6.45, 7) is 13.8. The Kier molecular flexibility index (Phi) is 12.6. The maximum absolute atomic E-state index is 13.6. The van der Waals surface area contributed by atoms with Crippen molar-refractivity contribution in [1.29, 1.82) is 0 Å². The van der Waals surface area contributed by atoms with Gasteiger partial charge in [-0.1, -0.05) is 35.4 Å². The van der Waals surface area contributed by atoms with E-state index in [9.17, 15) is 38.4 Å². The SMILES string of the molecule is Cc1ccc(S(=O)(=O)n2ccc3nc(C(N[S@@](=O)C(C)(C)C)C(F)(F)F)cnc32)cc1.Cc1ccc(S(=O)(=O)n2ccc3nc(C=N[S@@](=O)C(C)(C)C)cnc32)cc1. The molecule has 0 radical (unpaired) electrons. The number of aryl methyl sites for hydroxylation is 2. The van der Waals surface area contributed by atoms with Crippen molar-refractivity contribution in [2.24, 2.45) is 4.40 Å². The van der Waals surface area contributed by atoms with Crippen LogP contribution in [0.5, 0.6) is 0 Å². The van der Waals surface area contributed by atoms with Gasteiger partial charge in [-0.15, -0.1) is 0 Å². The van der Waals surface area contributed by atoms with Crippen LogP contribution in [0.3, 0.4) is 0 Å². The minimum absolute atomic E-state index is 0.0110. The summed E-state index contributed by atoms with van der Waals surface area (Å²) in [5.41, 5.74) is 2.24. The van der Waals surface area contributed by atoms with E-state index in [1.807, 2.05) is 34.6 Å². The van der Waals surface area contributed by atoms with Gasteiger partial charge in [-0.2, -0.15) is 17.6 Å². The van der Waals surface area contributed by atoms with Gasteiger partial charge in [0.25, 0.3) is 20.0 Å². The third-order valence-corrected chi connectivity index (χ3v) is 14.4. The van der Waals surface area contributed by atoms with E-state index in [2.05, 4.69) is 29.1 Å². The van der Waals surface area contributed by atoms with Gasteiger partial charge in [0.2, 0.25) is 0 Å². The van der Waals surface area contributed by atoms with Crippen molar-refractivity contribution in [3.05, 3.63) is 108 Å². The van der Waals surface area contributed by atoms with E-state index in [-0.39, 0.29) is 26.6 Å². The molecule has 0 aliphatic rings. The predicted molar refractivity (Wildman–Crippen MR) is 218 cm³/mol. The van der Waals surface area contributed by atoms with Crippen molar-refractivity contribution in [3.63, 3.8) is 0 Å². The Hall–Kier alpha value is -4.70. The zero-order valence-electron chi connectivity index (χ0n) is 32.6. The first-order valence-corrected chi connectivity index (χ1v) is 22.5. The molecule has 310 valence electrons. The van der Waals surface area contributed by atoms with E-state index in [0.29, 0.717) is 11.2 Å². The number of nitrogens with one attached hydrogen (secondary N) is 1. The van der Waals surface area contributed by atoms with Gasteiger partial charge in [-0.25, -0.2) is 57.9 Å². The molecular formula is C37H41F3N8O6S4. The lowest BCUT2D eigenvalue weighted by atomic mass is 10.2. The molecule has 0 bridgehead atoms. The fraction of sp³-hybridized carbons (Fsp3) is 0.324. The van der Waals surface area contributed by atoms with Gasteiger partial charge in [0.15, 0.2) is 17.3 Å². The summed E-state index contributed by atoms with van der Waals surface area (Å²) >= 11 is 0. The minimum Gasteiger partial charge on any atom is -0.246 e. The number of nitrogens with zero attached hydrogens (tertiary/aromatic N) is 7. The Bertz CT molecular complexity index is 2760. The number of rotatable bonds is 9. The van der Waals surface area contributed by atoms with Crippen molar-refractivity contribution in [3.8, 4) is 0 Å². The molecular weight excluding hydrogens is 838 g/mol. The van der Waals surface area contributed by atoms with E-state index in [4.69, 9.17) is 0 Å². The van der Waals surface area contributed by atoms with Gasteiger partial charge in [0.1, 0.15) is 27.7 Å². The lowest BCUT2D eigenvalue weighted by Gasteiger charge is -2.25. The van der Waals surface area contributed by atoms with Crippen LogP contribution in [0.1, 0.15) is 70.1 Å². The zero-order chi connectivity index (χ0) is 43.0. The van der Waals surface area contributed by atoms with Gasteiger partial charge < -0.3 is 0 Å². The van der Waals surface area contributed by atoms with Crippen molar-refractivity contribution in [1.82, 2.24) is 32.6 Å². The van der Waals surface area contributed by atoms with Crippen molar-refractivity contribution in [2.45, 2.75) is 86.9 Å². The molecule has 1 N–H and O–H groups in total. The van der Waals surface area contributed by atoms with Crippen molar-refractivity contribution >= 4 is 70.6 Å². The molecule has 58 heavy (non-hydrogen) atoms. The van der Waals surface area contributed by atoms with Gasteiger partial charge in [0.05, 0.1) is 54.6 Å². The molecule has 0 spiro atoms. The van der Waals surface area contributed by atoms with Crippen LogP contribution in [0.25, 0.3) is 22.3 Å². The largest absolute Gasteiger partial charge is 0.410 e. The average Bonchev–Trinajstić information content (AvgIpc) is 3.77. The fourth-order valence-electron chi connectivity index (χ4n) is 4.88. The minimum atomic E-state index is -4.79. The Morgan fingerprint density at radius 1 is 0.690 bits per heavy atom. The van der Waals surface area contributed by atoms with Gasteiger partial charge in [0, 0.05) is 12.4 Å². The average molecular weight is 879 g/mol. The molecule has 0 aliphatic carbocycles. The van der Waals surface area contributed by atoms with Gasteiger partial charge in [-0.05, 0) is 91.8 Å². The first-order valence-electron chi connectivity index (χ1n) is 17.3. The number of hydrogen-bond acceptors (Lipinski definition) is 10. The molecule has 4 heterocycles. The van der Waals surface area contributed by atoms with E-state index in [0.717, 1.165) is 25.3 Å². The number of alkyl halides is 3. The lowest BCUT2D eigenvalue weighted by Crippen LogP contribution is -2.42. The molecule has 14 nitrogen and oxygen atoms in total. The van der Waals surface area contributed by atoms with Gasteiger partial charge >= 0.3 is 6.18 Å². The van der Waals surface area contributed by atoms with E-state index in [1.165, 1.54) is 63.8 Å². The molecule has 0 fully saturated rings. The highest BCUT2D eigenvalue weighted by Gasteiger charge is 2.44. The monoisotopic (exact) mass is 878 g/mol. The number of benzene rings is 2. The Balaban J connectivity index is 0.000000223. The zero-order valence-corrected chi connectivity index (χ0v) is 35.9. The first-order chi connectivity index (χ1) is 26.8. The molecule has 4 aromatic heterocycles. The third kappa shape index (κ3) is 9.93. The molecule has 0 aliphatic heterocycles. The molecule has 3 atom stereocenters. The van der Waals surface area contributed by atoms with Crippen LogP contribution >= 0.6 is 0 Å². The molecule has 21 heteroatoms. The highest BCUT2D eigenvalue weighted by Crippen LogP contribution is 2.34. The number of halogens is 3. The van der Waals surface area contributed by atoms with E-state index >= 15 is 0 Å². The molecule has 0 amide bonds. The normalized spacial score (nSPS) is 14.7. The second-order valence-corrected chi connectivity index (χ2v) is 22.5. The summed E-state index contributed by atoms with van der Waals surface area (Å²) in [5, 5.41) is 0. The Labute approximate surface area is 339 Å². The maximum atomic E-state index is 13.6. The summed E-state index contributed by atoms with van der Waals surface area (Å²) in [6, 6.07) is 13.3. The quantitative estimate of drug-likeness (QED) is 0.157. The number of fused-ring (bicyclic) bond motifs is 2. The smallest absolute Gasteiger partial charge is 0.246 e. The number of aromatic nitrogens is 6. The van der Waals surface area contributed by atoms with Gasteiger partial charge in [-0.3, -0.25) is 0 Å². The van der Waals surface area contributed by atoms with E-state index in [1.54, 1.807) is 42.5 Å². The molecule has 6 aromatic rings. The van der Waals surface area contributed by atoms with Crippen molar-refractivity contribution < 1.29 is 38.4 Å². The second-order valence-electron chi connectivity index (χ2n) is 14.9. The van der Waals surface area contributed by atoms with Crippen LogP contribution in [0.4, 0.5) is 13.2 Å². The first kappa shape index (κ1) is 44.4. The Morgan fingerprint density at radius 2 is 1.14 bits per heavy atom. The molecule has 0 saturated carbocycles. The standard InChI is InChI=1S/C19H21F3N4O3S2.C18H20N4O3S2/c1-12-5-7-13(8-6-12)31(28,29)26-10-9-14-17(26)23-11-15(24-14)16(19(20,21)22)25-30(27)18(2,3)4;1-13-5-7-15(8-6-13)27(24,25)22-10-9-16-17(22)19-11-14(21-16)12-20-26(23)18(2,3)4/h5-11,16,25H,1-4H3;5-12H,1-4H3/t16?,30-;26-/m00/s1. The third-order valence-electron chi connectivity index (χ3n) is 8.11. The summed E-state index contributed by atoms with van der Waals surface area (Å²) in [6.07, 6.45) is 1.46. The molecule has 6 rings (SSSR count). The van der Waals surface area contributed by atoms with Crippen LogP contribution in [0.15, 0.2) is 99.6 Å². The topological polar surface area (TPSA) is 188 Å². The summed E-state index contributed by atoms with van der Waals surface area (Å²) in [5.74, 6) is 0. The van der Waals surface area contributed by atoms with Crippen LogP contribution < -0.4 is 4.72 Å². The van der Waals surface area contributed by atoms with Crippen LogP contribution in [0, 0.1) is 13.8 Å². The number of hydrogen-bond donors (Lipinski definition) is 1. The second kappa shape index (κ2) is 16.5. The molecule has 1 unspecified atom stereocenters.